The van der Waals surface area contributed by atoms with Crippen molar-refractivity contribution in [2.24, 2.45) is 5.92 Å². The molecule has 1 N–H and O–H groups in total. The average Bonchev–Trinajstić information content (AvgIpc) is 2.98. The minimum absolute atomic E-state index is 0.158. The number of carbonyl (C=O) groups is 1. The molecule has 5 heteroatoms. The number of hydrogen-bond donors (Lipinski definition) is 1. The molecule has 16 heavy (non-hydrogen) atoms. The standard InChI is InChI=1S/C11H13NO3S/c1-16(14,15)12-10-6-4-9(5-7-10)11(13)8-2-3-8/h4-8,12H,2-3H2,1H3. The van der Waals surface area contributed by atoms with E-state index in [0.29, 0.717) is 11.3 Å². The number of benzene rings is 1. The monoisotopic (exact) mass is 239 g/mol. The molecule has 1 aromatic rings. The van der Waals surface area contributed by atoms with Crippen molar-refractivity contribution in [3.8, 4) is 0 Å². The van der Waals surface area contributed by atoms with Crippen LogP contribution in [0.5, 0.6) is 0 Å². The van der Waals surface area contributed by atoms with Crippen molar-refractivity contribution < 1.29 is 13.2 Å². The fourth-order valence-corrected chi connectivity index (χ4v) is 2.06. The lowest BCUT2D eigenvalue weighted by Crippen LogP contribution is -2.09. The molecule has 0 spiro atoms. The lowest BCUT2D eigenvalue weighted by Gasteiger charge is -2.04. The summed E-state index contributed by atoms with van der Waals surface area (Å²) in [7, 11) is -3.25. The van der Waals surface area contributed by atoms with Crippen molar-refractivity contribution in [1.29, 1.82) is 0 Å². The Morgan fingerprint density at radius 3 is 2.25 bits per heavy atom. The predicted molar refractivity (Wildman–Crippen MR) is 62.0 cm³/mol. The van der Waals surface area contributed by atoms with E-state index in [2.05, 4.69) is 4.72 Å². The fraction of sp³-hybridized carbons (Fsp3) is 0.364. The smallest absolute Gasteiger partial charge is 0.229 e. The van der Waals surface area contributed by atoms with Gasteiger partial charge < -0.3 is 0 Å². The molecular formula is C11H13NO3S. The van der Waals surface area contributed by atoms with Gasteiger partial charge in [0.05, 0.1) is 6.26 Å². The molecule has 0 saturated heterocycles. The highest BCUT2D eigenvalue weighted by Gasteiger charge is 2.30. The Morgan fingerprint density at radius 1 is 1.25 bits per heavy atom. The molecule has 0 aliphatic heterocycles. The first-order valence-electron chi connectivity index (χ1n) is 5.08. The highest BCUT2D eigenvalue weighted by molar-refractivity contribution is 7.92. The second-order valence-electron chi connectivity index (χ2n) is 4.09. The van der Waals surface area contributed by atoms with E-state index < -0.39 is 10.0 Å². The molecule has 4 nitrogen and oxygen atoms in total. The van der Waals surface area contributed by atoms with Crippen LogP contribution in [-0.4, -0.2) is 20.5 Å². The van der Waals surface area contributed by atoms with Crippen LogP contribution in [-0.2, 0) is 10.0 Å². The quantitative estimate of drug-likeness (QED) is 0.812. The summed E-state index contributed by atoms with van der Waals surface area (Å²) in [6.45, 7) is 0. The molecule has 0 amide bonds. The molecule has 0 atom stereocenters. The zero-order chi connectivity index (χ0) is 11.8. The zero-order valence-electron chi connectivity index (χ0n) is 8.93. The van der Waals surface area contributed by atoms with Gasteiger partial charge in [-0.2, -0.15) is 0 Å². The maximum absolute atomic E-state index is 11.7. The number of hydrogen-bond acceptors (Lipinski definition) is 3. The summed E-state index contributed by atoms with van der Waals surface area (Å²) >= 11 is 0. The summed E-state index contributed by atoms with van der Waals surface area (Å²) < 4.78 is 24.3. The van der Waals surface area contributed by atoms with E-state index in [9.17, 15) is 13.2 Å². The second-order valence-corrected chi connectivity index (χ2v) is 5.84. The van der Waals surface area contributed by atoms with Crippen LogP contribution in [0.3, 0.4) is 0 Å². The van der Waals surface area contributed by atoms with Gasteiger partial charge in [0.1, 0.15) is 0 Å². The van der Waals surface area contributed by atoms with E-state index in [1.807, 2.05) is 0 Å². The highest BCUT2D eigenvalue weighted by atomic mass is 32.2. The Bertz CT molecular complexity index is 501. The molecule has 0 aromatic heterocycles. The van der Waals surface area contributed by atoms with Crippen LogP contribution in [0, 0.1) is 5.92 Å². The average molecular weight is 239 g/mol. The van der Waals surface area contributed by atoms with Gasteiger partial charge in [-0.1, -0.05) is 0 Å². The number of sulfonamides is 1. The molecular weight excluding hydrogens is 226 g/mol. The zero-order valence-corrected chi connectivity index (χ0v) is 9.75. The third-order valence-corrected chi connectivity index (χ3v) is 3.03. The van der Waals surface area contributed by atoms with Gasteiger partial charge in [0.15, 0.2) is 5.78 Å². The first-order valence-corrected chi connectivity index (χ1v) is 6.97. The number of Topliss-reactive ketones (excluding diaryl/α,β-unsaturated/α-hetero) is 1. The van der Waals surface area contributed by atoms with Gasteiger partial charge >= 0.3 is 0 Å². The maximum Gasteiger partial charge on any atom is 0.229 e. The van der Waals surface area contributed by atoms with E-state index in [0.717, 1.165) is 19.1 Å². The van der Waals surface area contributed by atoms with Gasteiger partial charge in [0, 0.05) is 17.2 Å². The van der Waals surface area contributed by atoms with E-state index in [1.165, 1.54) is 0 Å². The van der Waals surface area contributed by atoms with E-state index in [-0.39, 0.29) is 11.7 Å². The summed E-state index contributed by atoms with van der Waals surface area (Å²) in [5.74, 6) is 0.347. The van der Waals surface area contributed by atoms with Crippen molar-refractivity contribution in [2.75, 3.05) is 11.0 Å². The summed E-state index contributed by atoms with van der Waals surface area (Å²) in [6.07, 6.45) is 3.04. The van der Waals surface area contributed by atoms with E-state index in [4.69, 9.17) is 0 Å². The van der Waals surface area contributed by atoms with Crippen molar-refractivity contribution in [3.63, 3.8) is 0 Å². The van der Waals surface area contributed by atoms with Gasteiger partial charge in [-0.25, -0.2) is 8.42 Å². The van der Waals surface area contributed by atoms with Crippen molar-refractivity contribution in [2.45, 2.75) is 12.8 Å². The number of anilines is 1. The second kappa shape index (κ2) is 3.90. The molecule has 1 fully saturated rings. The number of nitrogens with one attached hydrogen (secondary N) is 1. The molecule has 86 valence electrons. The highest BCUT2D eigenvalue weighted by Crippen LogP contribution is 2.32. The third kappa shape index (κ3) is 2.82. The Morgan fingerprint density at radius 2 is 1.81 bits per heavy atom. The van der Waals surface area contributed by atoms with Gasteiger partial charge in [-0.3, -0.25) is 9.52 Å². The van der Waals surface area contributed by atoms with Gasteiger partial charge in [0.2, 0.25) is 10.0 Å². The third-order valence-electron chi connectivity index (χ3n) is 2.42. The minimum Gasteiger partial charge on any atom is -0.294 e. The summed E-state index contributed by atoms with van der Waals surface area (Å²) in [5.41, 5.74) is 1.14. The molecule has 2 rings (SSSR count). The largest absolute Gasteiger partial charge is 0.294 e. The maximum atomic E-state index is 11.7. The van der Waals surface area contributed by atoms with Crippen LogP contribution in [0.1, 0.15) is 23.2 Å². The first-order chi connectivity index (χ1) is 7.46. The minimum atomic E-state index is -3.25. The van der Waals surface area contributed by atoms with Gasteiger partial charge in [0.25, 0.3) is 0 Å². The molecule has 0 unspecified atom stereocenters. The molecule has 0 bridgehead atoms. The van der Waals surface area contributed by atoms with Crippen LogP contribution in [0.4, 0.5) is 5.69 Å². The molecule has 1 aliphatic carbocycles. The first kappa shape index (κ1) is 11.1. The van der Waals surface area contributed by atoms with Crippen LogP contribution >= 0.6 is 0 Å². The number of rotatable bonds is 4. The summed E-state index contributed by atoms with van der Waals surface area (Å²) in [5, 5.41) is 0. The van der Waals surface area contributed by atoms with Gasteiger partial charge in [-0.05, 0) is 37.1 Å². The van der Waals surface area contributed by atoms with E-state index >= 15 is 0 Å². The normalized spacial score (nSPS) is 15.8. The Hall–Kier alpha value is -1.36. The molecule has 1 aromatic carbocycles. The van der Waals surface area contributed by atoms with Gasteiger partial charge in [-0.15, -0.1) is 0 Å². The lowest BCUT2D eigenvalue weighted by molar-refractivity contribution is 0.0967. The Kier molecular flexibility index (Phi) is 2.71. The molecule has 1 aliphatic rings. The fourth-order valence-electron chi connectivity index (χ4n) is 1.50. The molecule has 1 saturated carbocycles. The SMILES string of the molecule is CS(=O)(=O)Nc1ccc(C(=O)C2CC2)cc1. The van der Waals surface area contributed by atoms with Crippen LogP contribution < -0.4 is 4.72 Å². The van der Waals surface area contributed by atoms with E-state index in [1.54, 1.807) is 24.3 Å². The van der Waals surface area contributed by atoms with Crippen LogP contribution in [0.2, 0.25) is 0 Å². The van der Waals surface area contributed by atoms with Crippen molar-refractivity contribution >= 4 is 21.5 Å². The van der Waals surface area contributed by atoms with Crippen molar-refractivity contribution in [1.82, 2.24) is 0 Å². The topological polar surface area (TPSA) is 63.2 Å². The Labute approximate surface area is 94.7 Å². The number of ketones is 1. The van der Waals surface area contributed by atoms with Crippen LogP contribution in [0.15, 0.2) is 24.3 Å². The van der Waals surface area contributed by atoms with Crippen LogP contribution in [0.25, 0.3) is 0 Å². The predicted octanol–water partition coefficient (Wildman–Crippen LogP) is 1.65. The Balaban J connectivity index is 2.12. The number of carbonyl (C=O) groups excluding carboxylic acids is 1. The van der Waals surface area contributed by atoms with Crippen molar-refractivity contribution in [3.05, 3.63) is 29.8 Å². The molecule has 0 heterocycles. The molecule has 0 radical (unpaired) electrons. The summed E-state index contributed by atoms with van der Waals surface area (Å²) in [4.78, 5) is 11.7. The lowest BCUT2D eigenvalue weighted by atomic mass is 10.1. The summed E-state index contributed by atoms with van der Waals surface area (Å²) in [6, 6.07) is 6.54.